The molecule has 1 aliphatic heterocycles. The van der Waals surface area contributed by atoms with Gasteiger partial charge >= 0.3 is 0 Å². The Kier molecular flexibility index (Phi) is 4.96. The molecule has 0 spiro atoms. The number of hydrogen-bond acceptors (Lipinski definition) is 4. The molecule has 2 atom stereocenters. The number of anilines is 1. The van der Waals surface area contributed by atoms with Gasteiger partial charge in [0.15, 0.2) is 5.82 Å². The average Bonchev–Trinajstić information content (AvgIpc) is 2.52. The Morgan fingerprint density at radius 1 is 1.24 bits per heavy atom. The summed E-state index contributed by atoms with van der Waals surface area (Å²) >= 11 is 6.19. The maximum absolute atomic E-state index is 6.19. The number of fused-ring (bicyclic) bond motifs is 1. The van der Waals surface area contributed by atoms with Crippen LogP contribution in [0.4, 0.5) is 5.82 Å². The minimum atomic E-state index is 0.437. The van der Waals surface area contributed by atoms with Gasteiger partial charge < -0.3 is 9.64 Å². The van der Waals surface area contributed by atoms with Crippen molar-refractivity contribution in [2.45, 2.75) is 58.1 Å². The number of hydrogen-bond donors (Lipinski definition) is 0. The van der Waals surface area contributed by atoms with Gasteiger partial charge in [0.05, 0.1) is 0 Å². The first-order chi connectivity index (χ1) is 10.3. The molecule has 21 heavy (non-hydrogen) atoms. The van der Waals surface area contributed by atoms with Gasteiger partial charge in [-0.05, 0) is 38.5 Å². The van der Waals surface area contributed by atoms with Crippen LogP contribution < -0.4 is 4.90 Å². The zero-order valence-corrected chi connectivity index (χ0v) is 13.5. The third kappa shape index (κ3) is 3.49. The topological polar surface area (TPSA) is 38.2 Å². The van der Waals surface area contributed by atoms with Crippen LogP contribution in [-0.2, 0) is 11.3 Å². The van der Waals surface area contributed by atoms with Crippen LogP contribution in [0.25, 0.3) is 0 Å². The third-order valence-electron chi connectivity index (χ3n) is 4.70. The van der Waals surface area contributed by atoms with Crippen LogP contribution in [0, 0.1) is 5.92 Å². The smallest absolute Gasteiger partial charge is 0.158 e. The van der Waals surface area contributed by atoms with Gasteiger partial charge in [-0.2, -0.15) is 0 Å². The molecule has 1 aromatic rings. The summed E-state index contributed by atoms with van der Waals surface area (Å²) in [7, 11) is 0. The van der Waals surface area contributed by atoms with Crippen LogP contribution in [0.3, 0.4) is 0 Å². The van der Waals surface area contributed by atoms with E-state index in [0.29, 0.717) is 30.2 Å². The first-order valence-electron chi connectivity index (χ1n) is 8.15. The molecule has 0 radical (unpaired) electrons. The summed E-state index contributed by atoms with van der Waals surface area (Å²) in [5.41, 5.74) is 0. The summed E-state index contributed by atoms with van der Waals surface area (Å²) < 4.78 is 5.42. The normalized spacial score (nSPS) is 25.7. The molecule has 2 aliphatic rings. The van der Waals surface area contributed by atoms with E-state index < -0.39 is 0 Å². The summed E-state index contributed by atoms with van der Waals surface area (Å²) in [6.07, 6.45) is 7.99. The molecule has 0 amide bonds. The molecule has 3 rings (SSSR count). The van der Waals surface area contributed by atoms with Crippen LogP contribution >= 0.6 is 11.6 Å². The molecular formula is C16H24ClN3O. The molecule has 2 fully saturated rings. The maximum atomic E-state index is 6.19. The second-order valence-corrected chi connectivity index (χ2v) is 6.44. The SMILES string of the molecule is CCOCc1nc(Cl)cc(N2CCCC3CCCCC32)n1. The minimum Gasteiger partial charge on any atom is -0.374 e. The quantitative estimate of drug-likeness (QED) is 0.792. The van der Waals surface area contributed by atoms with Gasteiger partial charge in [0.2, 0.25) is 0 Å². The molecule has 0 aromatic carbocycles. The van der Waals surface area contributed by atoms with E-state index in [2.05, 4.69) is 9.88 Å². The molecule has 2 heterocycles. The second-order valence-electron chi connectivity index (χ2n) is 6.05. The van der Waals surface area contributed by atoms with Crippen molar-refractivity contribution < 1.29 is 4.74 Å². The molecular weight excluding hydrogens is 286 g/mol. The highest BCUT2D eigenvalue weighted by Gasteiger charge is 2.34. The first kappa shape index (κ1) is 15.0. The van der Waals surface area contributed by atoms with E-state index in [4.69, 9.17) is 21.3 Å². The Labute approximate surface area is 131 Å². The fourth-order valence-electron chi connectivity index (χ4n) is 3.77. The van der Waals surface area contributed by atoms with Crippen molar-refractivity contribution in [3.63, 3.8) is 0 Å². The molecule has 116 valence electrons. The van der Waals surface area contributed by atoms with Gasteiger partial charge in [-0.15, -0.1) is 0 Å². The lowest BCUT2D eigenvalue weighted by molar-refractivity contribution is 0.128. The van der Waals surface area contributed by atoms with Gasteiger partial charge in [0, 0.05) is 25.3 Å². The number of piperidine rings is 1. The summed E-state index contributed by atoms with van der Waals surface area (Å²) in [5.74, 6) is 2.51. The van der Waals surface area contributed by atoms with E-state index in [1.807, 2.05) is 13.0 Å². The van der Waals surface area contributed by atoms with Gasteiger partial charge in [-0.25, -0.2) is 9.97 Å². The van der Waals surface area contributed by atoms with Crippen molar-refractivity contribution in [3.05, 3.63) is 17.0 Å². The number of rotatable bonds is 4. The molecule has 0 N–H and O–H groups in total. The lowest BCUT2D eigenvalue weighted by Crippen LogP contribution is -2.47. The molecule has 1 saturated carbocycles. The molecule has 1 aromatic heterocycles. The summed E-state index contributed by atoms with van der Waals surface area (Å²) in [5, 5.41) is 0.521. The van der Waals surface area contributed by atoms with Crippen LogP contribution in [0.15, 0.2) is 6.07 Å². The van der Waals surface area contributed by atoms with E-state index in [-0.39, 0.29) is 0 Å². The van der Waals surface area contributed by atoms with Crippen LogP contribution in [0.1, 0.15) is 51.3 Å². The van der Waals surface area contributed by atoms with Crippen molar-refractivity contribution >= 4 is 17.4 Å². The molecule has 1 aliphatic carbocycles. The number of aromatic nitrogens is 2. The van der Waals surface area contributed by atoms with Crippen molar-refractivity contribution in [2.24, 2.45) is 5.92 Å². The first-order valence-corrected chi connectivity index (χ1v) is 8.53. The van der Waals surface area contributed by atoms with E-state index >= 15 is 0 Å². The Balaban J connectivity index is 1.82. The minimum absolute atomic E-state index is 0.437. The highest BCUT2D eigenvalue weighted by atomic mass is 35.5. The fourth-order valence-corrected chi connectivity index (χ4v) is 3.96. The van der Waals surface area contributed by atoms with Gasteiger partial charge in [-0.3, -0.25) is 0 Å². The van der Waals surface area contributed by atoms with Crippen molar-refractivity contribution in [3.8, 4) is 0 Å². The second kappa shape index (κ2) is 6.93. The zero-order valence-electron chi connectivity index (χ0n) is 12.7. The van der Waals surface area contributed by atoms with Crippen LogP contribution in [0.2, 0.25) is 5.15 Å². The van der Waals surface area contributed by atoms with Crippen molar-refractivity contribution in [1.29, 1.82) is 0 Å². The predicted molar refractivity (Wildman–Crippen MR) is 84.7 cm³/mol. The Bertz CT molecular complexity index is 481. The van der Waals surface area contributed by atoms with Crippen LogP contribution in [0.5, 0.6) is 0 Å². The standard InChI is InChI=1S/C16H24ClN3O/c1-2-21-11-15-18-14(17)10-16(19-15)20-9-5-7-12-6-3-4-8-13(12)20/h10,12-13H,2-9,11H2,1H3. The Hall–Kier alpha value is -0.870. The van der Waals surface area contributed by atoms with Gasteiger partial charge in [-0.1, -0.05) is 24.4 Å². The highest BCUT2D eigenvalue weighted by molar-refractivity contribution is 6.29. The van der Waals surface area contributed by atoms with Crippen molar-refractivity contribution in [2.75, 3.05) is 18.1 Å². The third-order valence-corrected chi connectivity index (χ3v) is 4.89. The monoisotopic (exact) mass is 309 g/mol. The Morgan fingerprint density at radius 2 is 2.05 bits per heavy atom. The average molecular weight is 310 g/mol. The maximum Gasteiger partial charge on any atom is 0.158 e. The van der Waals surface area contributed by atoms with Gasteiger partial charge in [0.25, 0.3) is 0 Å². The molecule has 5 heteroatoms. The van der Waals surface area contributed by atoms with Crippen LogP contribution in [-0.4, -0.2) is 29.2 Å². The molecule has 1 saturated heterocycles. The van der Waals surface area contributed by atoms with E-state index in [0.717, 1.165) is 18.3 Å². The number of nitrogens with zero attached hydrogens (tertiary/aromatic N) is 3. The fraction of sp³-hybridized carbons (Fsp3) is 0.750. The largest absolute Gasteiger partial charge is 0.374 e. The summed E-state index contributed by atoms with van der Waals surface area (Å²) in [6, 6.07) is 2.55. The number of halogens is 1. The van der Waals surface area contributed by atoms with Crippen molar-refractivity contribution in [1.82, 2.24) is 9.97 Å². The van der Waals surface area contributed by atoms with E-state index in [1.54, 1.807) is 0 Å². The summed E-state index contributed by atoms with van der Waals surface area (Å²) in [4.78, 5) is 11.4. The zero-order chi connectivity index (χ0) is 14.7. The number of ether oxygens (including phenoxy) is 1. The Morgan fingerprint density at radius 3 is 2.90 bits per heavy atom. The predicted octanol–water partition coefficient (Wildman–Crippen LogP) is 3.83. The lowest BCUT2D eigenvalue weighted by Gasteiger charge is -2.44. The molecule has 2 unspecified atom stereocenters. The highest BCUT2D eigenvalue weighted by Crippen LogP contribution is 2.37. The molecule has 4 nitrogen and oxygen atoms in total. The molecule has 0 bridgehead atoms. The van der Waals surface area contributed by atoms with E-state index in [1.165, 1.54) is 38.5 Å². The van der Waals surface area contributed by atoms with Gasteiger partial charge in [0.1, 0.15) is 17.6 Å². The van der Waals surface area contributed by atoms with E-state index in [9.17, 15) is 0 Å². The summed E-state index contributed by atoms with van der Waals surface area (Å²) in [6.45, 7) is 4.16. The lowest BCUT2D eigenvalue weighted by atomic mass is 9.78.